The number of hydrogen-bond donors (Lipinski definition) is 1. The number of carbonyl (C=O) groups excluding carboxylic acids is 1. The standard InChI is InChI=1S/C18H16ClN3O4S/c1-24-13-6-4-5-12(9-13)20-16(23)11-27-18-22-21-17(26-18)10-25-15-8-3-2-7-14(15)19/h2-9H,10-11H2,1H3,(H,20,23). The van der Waals surface area contributed by atoms with Gasteiger partial charge >= 0.3 is 0 Å². The third kappa shape index (κ3) is 5.63. The highest BCUT2D eigenvalue weighted by molar-refractivity contribution is 7.99. The number of halogens is 1. The lowest BCUT2D eigenvalue weighted by Crippen LogP contribution is -2.13. The first-order valence-corrected chi connectivity index (χ1v) is 9.27. The van der Waals surface area contributed by atoms with E-state index in [1.165, 1.54) is 0 Å². The normalized spacial score (nSPS) is 10.4. The SMILES string of the molecule is COc1cccc(NC(=O)CSc2nnc(COc3ccccc3Cl)o2)c1. The molecule has 0 aliphatic rings. The molecule has 0 radical (unpaired) electrons. The zero-order valence-electron chi connectivity index (χ0n) is 14.3. The number of aromatic nitrogens is 2. The van der Waals surface area contributed by atoms with Crippen molar-refractivity contribution in [3.63, 3.8) is 0 Å². The second kappa shape index (κ2) is 9.29. The number of nitrogens with one attached hydrogen (secondary N) is 1. The van der Waals surface area contributed by atoms with Gasteiger partial charge in [0.05, 0.1) is 17.9 Å². The number of benzene rings is 2. The van der Waals surface area contributed by atoms with Crippen LogP contribution in [-0.4, -0.2) is 29.0 Å². The fourth-order valence-electron chi connectivity index (χ4n) is 2.08. The van der Waals surface area contributed by atoms with Crippen molar-refractivity contribution >= 4 is 35.0 Å². The fraction of sp³-hybridized carbons (Fsp3) is 0.167. The molecule has 0 unspecified atom stereocenters. The van der Waals surface area contributed by atoms with Gasteiger partial charge in [-0.15, -0.1) is 10.2 Å². The average molecular weight is 406 g/mol. The highest BCUT2D eigenvalue weighted by atomic mass is 35.5. The number of anilines is 1. The maximum atomic E-state index is 12.0. The Morgan fingerprint density at radius 2 is 2.07 bits per heavy atom. The number of rotatable bonds is 8. The minimum atomic E-state index is -0.194. The Hall–Kier alpha value is -2.71. The summed E-state index contributed by atoms with van der Waals surface area (Å²) in [7, 11) is 1.57. The molecule has 3 aromatic rings. The van der Waals surface area contributed by atoms with Gasteiger partial charge in [0.1, 0.15) is 11.5 Å². The molecule has 27 heavy (non-hydrogen) atoms. The zero-order chi connectivity index (χ0) is 19.1. The molecular weight excluding hydrogens is 390 g/mol. The number of para-hydroxylation sites is 1. The molecule has 7 nitrogen and oxygen atoms in total. The largest absolute Gasteiger partial charge is 0.497 e. The Kier molecular flexibility index (Phi) is 6.56. The summed E-state index contributed by atoms with van der Waals surface area (Å²) in [4.78, 5) is 12.0. The molecule has 2 aromatic carbocycles. The van der Waals surface area contributed by atoms with Gasteiger partial charge in [0.15, 0.2) is 6.61 Å². The van der Waals surface area contributed by atoms with E-state index in [1.54, 1.807) is 43.5 Å². The van der Waals surface area contributed by atoms with Crippen molar-refractivity contribution in [3.8, 4) is 11.5 Å². The molecule has 0 aliphatic heterocycles. The third-order valence-electron chi connectivity index (χ3n) is 3.32. The summed E-state index contributed by atoms with van der Waals surface area (Å²) >= 11 is 7.16. The Balaban J connectivity index is 1.47. The van der Waals surface area contributed by atoms with Crippen LogP contribution in [0.15, 0.2) is 58.2 Å². The van der Waals surface area contributed by atoms with Crippen LogP contribution >= 0.6 is 23.4 Å². The fourth-order valence-corrected chi connectivity index (χ4v) is 2.85. The summed E-state index contributed by atoms with van der Waals surface area (Å²) in [6, 6.07) is 14.2. The van der Waals surface area contributed by atoms with Crippen molar-refractivity contribution in [2.45, 2.75) is 11.8 Å². The van der Waals surface area contributed by atoms with Gasteiger partial charge in [-0.3, -0.25) is 4.79 Å². The summed E-state index contributed by atoms with van der Waals surface area (Å²) in [5.41, 5.74) is 0.652. The maximum Gasteiger partial charge on any atom is 0.277 e. The van der Waals surface area contributed by atoms with Crippen LogP contribution in [0.25, 0.3) is 0 Å². The molecule has 1 N–H and O–H groups in total. The summed E-state index contributed by atoms with van der Waals surface area (Å²) in [5.74, 6) is 1.43. The van der Waals surface area contributed by atoms with Crippen LogP contribution in [0.3, 0.4) is 0 Å². The number of thioether (sulfide) groups is 1. The molecule has 0 aliphatic carbocycles. The van der Waals surface area contributed by atoms with Gasteiger partial charge in [-0.1, -0.05) is 41.6 Å². The van der Waals surface area contributed by atoms with E-state index in [1.807, 2.05) is 12.1 Å². The quantitative estimate of drug-likeness (QED) is 0.566. The average Bonchev–Trinajstić information content (AvgIpc) is 3.14. The molecule has 0 atom stereocenters. The molecule has 3 rings (SSSR count). The van der Waals surface area contributed by atoms with E-state index in [-0.39, 0.29) is 23.5 Å². The topological polar surface area (TPSA) is 86.5 Å². The molecular formula is C18H16ClN3O4S. The first-order chi connectivity index (χ1) is 13.1. The molecule has 140 valence electrons. The summed E-state index contributed by atoms with van der Waals surface area (Å²) < 4.78 is 16.1. The summed E-state index contributed by atoms with van der Waals surface area (Å²) in [6.45, 7) is 0.0906. The van der Waals surface area contributed by atoms with Crippen LogP contribution < -0.4 is 14.8 Å². The smallest absolute Gasteiger partial charge is 0.277 e. The zero-order valence-corrected chi connectivity index (χ0v) is 15.9. The predicted molar refractivity (Wildman–Crippen MR) is 102 cm³/mol. The molecule has 0 fully saturated rings. The van der Waals surface area contributed by atoms with E-state index in [0.717, 1.165) is 11.8 Å². The molecule has 0 saturated heterocycles. The van der Waals surface area contributed by atoms with Crippen LogP contribution in [0.4, 0.5) is 5.69 Å². The van der Waals surface area contributed by atoms with E-state index < -0.39 is 0 Å². The van der Waals surface area contributed by atoms with Gasteiger partial charge in [0.25, 0.3) is 11.1 Å². The van der Waals surface area contributed by atoms with Gasteiger partial charge in [-0.2, -0.15) is 0 Å². The Labute approximate surface area is 165 Å². The molecule has 1 aromatic heterocycles. The second-order valence-electron chi connectivity index (χ2n) is 5.25. The third-order valence-corrected chi connectivity index (χ3v) is 4.45. The lowest BCUT2D eigenvalue weighted by molar-refractivity contribution is -0.113. The Morgan fingerprint density at radius 1 is 1.22 bits per heavy atom. The number of hydrogen-bond acceptors (Lipinski definition) is 7. The second-order valence-corrected chi connectivity index (χ2v) is 6.58. The van der Waals surface area contributed by atoms with Gasteiger partial charge in [-0.05, 0) is 24.3 Å². The highest BCUT2D eigenvalue weighted by Crippen LogP contribution is 2.24. The summed E-state index contributed by atoms with van der Waals surface area (Å²) in [5, 5.41) is 11.3. The lowest BCUT2D eigenvalue weighted by Gasteiger charge is -2.06. The van der Waals surface area contributed by atoms with Gasteiger partial charge in [0.2, 0.25) is 5.91 Å². The number of nitrogens with zero attached hydrogens (tertiary/aromatic N) is 2. The van der Waals surface area contributed by atoms with Crippen LogP contribution in [0.1, 0.15) is 5.89 Å². The van der Waals surface area contributed by atoms with Crippen molar-refractivity contribution in [3.05, 3.63) is 59.4 Å². The van der Waals surface area contributed by atoms with Crippen LogP contribution in [0.2, 0.25) is 5.02 Å². The number of carbonyl (C=O) groups is 1. The molecule has 0 spiro atoms. The van der Waals surface area contributed by atoms with Gasteiger partial charge in [0, 0.05) is 11.8 Å². The highest BCUT2D eigenvalue weighted by Gasteiger charge is 2.11. The van der Waals surface area contributed by atoms with Crippen molar-refractivity contribution < 1.29 is 18.7 Å². The first-order valence-electron chi connectivity index (χ1n) is 7.90. The first kappa shape index (κ1) is 19.1. The minimum Gasteiger partial charge on any atom is -0.497 e. The van der Waals surface area contributed by atoms with Crippen molar-refractivity contribution in [1.29, 1.82) is 0 Å². The summed E-state index contributed by atoms with van der Waals surface area (Å²) in [6.07, 6.45) is 0. The molecule has 9 heteroatoms. The molecule has 1 amide bonds. The van der Waals surface area contributed by atoms with Crippen LogP contribution in [-0.2, 0) is 11.4 Å². The number of ether oxygens (including phenoxy) is 2. The van der Waals surface area contributed by atoms with E-state index in [9.17, 15) is 4.79 Å². The van der Waals surface area contributed by atoms with E-state index in [2.05, 4.69) is 15.5 Å². The van der Waals surface area contributed by atoms with Gasteiger partial charge in [-0.25, -0.2) is 0 Å². The minimum absolute atomic E-state index is 0.0906. The molecule has 1 heterocycles. The van der Waals surface area contributed by atoms with Crippen molar-refractivity contribution in [2.75, 3.05) is 18.2 Å². The number of methoxy groups -OCH3 is 1. The molecule has 0 saturated carbocycles. The van der Waals surface area contributed by atoms with Crippen LogP contribution in [0, 0.1) is 0 Å². The van der Waals surface area contributed by atoms with Crippen molar-refractivity contribution in [2.24, 2.45) is 0 Å². The van der Waals surface area contributed by atoms with Crippen LogP contribution in [0.5, 0.6) is 11.5 Å². The Bertz CT molecular complexity index is 919. The van der Waals surface area contributed by atoms with E-state index >= 15 is 0 Å². The monoisotopic (exact) mass is 405 g/mol. The van der Waals surface area contributed by atoms with Gasteiger partial charge < -0.3 is 19.2 Å². The maximum absolute atomic E-state index is 12.0. The van der Waals surface area contributed by atoms with E-state index in [0.29, 0.717) is 28.1 Å². The number of amides is 1. The van der Waals surface area contributed by atoms with E-state index in [4.69, 9.17) is 25.5 Å². The predicted octanol–water partition coefficient (Wildman–Crippen LogP) is 4.04. The van der Waals surface area contributed by atoms with Crippen molar-refractivity contribution in [1.82, 2.24) is 10.2 Å². The lowest BCUT2D eigenvalue weighted by atomic mass is 10.3. The Morgan fingerprint density at radius 3 is 2.89 bits per heavy atom. The molecule has 0 bridgehead atoms.